The molecule has 0 saturated carbocycles. The first kappa shape index (κ1) is 11.1. The van der Waals surface area contributed by atoms with Crippen molar-refractivity contribution in [3.63, 3.8) is 0 Å². The maximum Gasteiger partial charge on any atom is 0.145 e. The Bertz CT molecular complexity index is 242. The number of hydrogen-bond acceptors (Lipinski definition) is 2. The van der Waals surface area contributed by atoms with Crippen molar-refractivity contribution in [3.8, 4) is 0 Å². The van der Waals surface area contributed by atoms with E-state index in [1.165, 1.54) is 38.5 Å². The van der Waals surface area contributed by atoms with Gasteiger partial charge in [-0.15, -0.1) is 0 Å². The summed E-state index contributed by atoms with van der Waals surface area (Å²) in [6.45, 7) is 3.25. The number of aryl methyl sites for hydroxylation is 1. The van der Waals surface area contributed by atoms with E-state index in [4.69, 9.17) is 5.73 Å². The number of unbranched alkanes of at least 4 members (excludes halogenated alkanes) is 5. The zero-order valence-corrected chi connectivity index (χ0v) is 9.08. The lowest BCUT2D eigenvalue weighted by Crippen LogP contribution is -1.99. The smallest absolute Gasteiger partial charge is 0.145 e. The van der Waals surface area contributed by atoms with Crippen molar-refractivity contribution in [1.82, 2.24) is 9.78 Å². The molecule has 0 spiro atoms. The Balaban J connectivity index is 1.99. The minimum Gasteiger partial charge on any atom is -0.382 e. The number of nitrogens with zero attached hydrogens (tertiary/aromatic N) is 2. The maximum atomic E-state index is 5.52. The molecule has 1 heterocycles. The zero-order valence-electron chi connectivity index (χ0n) is 9.08. The van der Waals surface area contributed by atoms with Crippen molar-refractivity contribution in [2.75, 3.05) is 5.73 Å². The summed E-state index contributed by atoms with van der Waals surface area (Å²) in [7, 11) is 0. The van der Waals surface area contributed by atoms with Gasteiger partial charge in [-0.3, -0.25) is 4.68 Å². The van der Waals surface area contributed by atoms with Crippen molar-refractivity contribution in [2.24, 2.45) is 0 Å². The van der Waals surface area contributed by atoms with Crippen LogP contribution in [0.1, 0.15) is 45.4 Å². The first-order valence-corrected chi connectivity index (χ1v) is 5.62. The van der Waals surface area contributed by atoms with Crippen LogP contribution in [0.15, 0.2) is 12.3 Å². The molecule has 2 N–H and O–H groups in total. The molecule has 3 nitrogen and oxygen atoms in total. The lowest BCUT2D eigenvalue weighted by molar-refractivity contribution is 0.528. The molecule has 0 fully saturated rings. The van der Waals surface area contributed by atoms with E-state index in [-0.39, 0.29) is 0 Å². The highest BCUT2D eigenvalue weighted by atomic mass is 15.3. The van der Waals surface area contributed by atoms with E-state index in [0.717, 1.165) is 6.54 Å². The Morgan fingerprint density at radius 2 is 1.93 bits per heavy atom. The largest absolute Gasteiger partial charge is 0.382 e. The van der Waals surface area contributed by atoms with Gasteiger partial charge < -0.3 is 5.73 Å². The van der Waals surface area contributed by atoms with Crippen LogP contribution in [0.3, 0.4) is 0 Å². The van der Waals surface area contributed by atoms with Crippen LogP contribution in [0.2, 0.25) is 0 Å². The normalized spacial score (nSPS) is 10.6. The molecule has 80 valence electrons. The van der Waals surface area contributed by atoms with Gasteiger partial charge in [0.05, 0.1) is 0 Å². The van der Waals surface area contributed by atoms with Crippen LogP contribution < -0.4 is 5.73 Å². The SMILES string of the molecule is CCCCCCCCn1ccc(N)n1. The fraction of sp³-hybridized carbons (Fsp3) is 0.727. The number of rotatable bonds is 7. The van der Waals surface area contributed by atoms with Crippen molar-refractivity contribution < 1.29 is 0 Å². The second kappa shape index (κ2) is 6.46. The zero-order chi connectivity index (χ0) is 10.2. The van der Waals surface area contributed by atoms with Gasteiger partial charge in [-0.25, -0.2) is 0 Å². The molecular formula is C11H21N3. The van der Waals surface area contributed by atoms with Crippen molar-refractivity contribution >= 4 is 5.82 Å². The molecule has 1 rings (SSSR count). The van der Waals surface area contributed by atoms with E-state index in [2.05, 4.69) is 12.0 Å². The highest BCUT2D eigenvalue weighted by molar-refractivity contribution is 5.23. The average Bonchev–Trinajstić information content (AvgIpc) is 2.58. The molecule has 14 heavy (non-hydrogen) atoms. The van der Waals surface area contributed by atoms with Gasteiger partial charge in [0.1, 0.15) is 5.82 Å². The molecular weight excluding hydrogens is 174 g/mol. The average molecular weight is 195 g/mol. The summed E-state index contributed by atoms with van der Waals surface area (Å²) in [5.74, 6) is 0.621. The van der Waals surface area contributed by atoms with Gasteiger partial charge in [0.15, 0.2) is 0 Å². The Labute approximate surface area is 86.3 Å². The van der Waals surface area contributed by atoms with E-state index >= 15 is 0 Å². The van der Waals surface area contributed by atoms with Crippen LogP contribution in [0.4, 0.5) is 5.82 Å². The van der Waals surface area contributed by atoms with Gasteiger partial charge in [0.25, 0.3) is 0 Å². The Kier molecular flexibility index (Phi) is 5.12. The fourth-order valence-corrected chi connectivity index (χ4v) is 1.56. The summed E-state index contributed by atoms with van der Waals surface area (Å²) in [6, 6.07) is 1.84. The van der Waals surface area contributed by atoms with E-state index < -0.39 is 0 Å². The fourth-order valence-electron chi connectivity index (χ4n) is 1.56. The summed E-state index contributed by atoms with van der Waals surface area (Å²) < 4.78 is 1.93. The van der Waals surface area contributed by atoms with E-state index in [1.807, 2.05) is 16.9 Å². The molecule has 0 unspecified atom stereocenters. The van der Waals surface area contributed by atoms with E-state index in [1.54, 1.807) is 0 Å². The molecule has 0 aliphatic carbocycles. The predicted molar refractivity (Wildman–Crippen MR) is 60.0 cm³/mol. The molecule has 0 aromatic carbocycles. The third kappa shape index (κ3) is 4.30. The first-order valence-electron chi connectivity index (χ1n) is 5.62. The molecule has 3 heteroatoms. The van der Waals surface area contributed by atoms with Crippen LogP contribution in [-0.4, -0.2) is 9.78 Å². The van der Waals surface area contributed by atoms with Gasteiger partial charge in [0.2, 0.25) is 0 Å². The summed E-state index contributed by atoms with van der Waals surface area (Å²) in [6.07, 6.45) is 9.87. The van der Waals surface area contributed by atoms with Gasteiger partial charge in [-0.05, 0) is 12.5 Å². The number of aromatic nitrogens is 2. The van der Waals surface area contributed by atoms with Gasteiger partial charge in [-0.2, -0.15) is 5.10 Å². The second-order valence-electron chi connectivity index (χ2n) is 3.77. The second-order valence-corrected chi connectivity index (χ2v) is 3.77. The molecule has 0 radical (unpaired) electrons. The third-order valence-electron chi connectivity index (χ3n) is 2.40. The minimum absolute atomic E-state index is 0.621. The number of nitrogen functional groups attached to an aromatic ring is 1. The van der Waals surface area contributed by atoms with Gasteiger partial charge in [-0.1, -0.05) is 39.0 Å². The number of hydrogen-bond donors (Lipinski definition) is 1. The summed E-state index contributed by atoms with van der Waals surface area (Å²) in [4.78, 5) is 0. The third-order valence-corrected chi connectivity index (χ3v) is 2.40. The summed E-state index contributed by atoms with van der Waals surface area (Å²) in [5, 5.41) is 4.14. The number of nitrogens with two attached hydrogens (primary N) is 1. The molecule has 0 bridgehead atoms. The topological polar surface area (TPSA) is 43.8 Å². The standard InChI is InChI=1S/C11H21N3/c1-2-3-4-5-6-7-9-14-10-8-11(12)13-14/h8,10H,2-7,9H2,1H3,(H2,12,13). The molecule has 0 aliphatic heterocycles. The Hall–Kier alpha value is -0.990. The first-order chi connectivity index (χ1) is 6.83. The van der Waals surface area contributed by atoms with Crippen LogP contribution in [-0.2, 0) is 6.54 Å². The van der Waals surface area contributed by atoms with Crippen LogP contribution in [0.25, 0.3) is 0 Å². The highest BCUT2D eigenvalue weighted by Gasteiger charge is 1.94. The van der Waals surface area contributed by atoms with Crippen molar-refractivity contribution in [3.05, 3.63) is 12.3 Å². The molecule has 0 aliphatic rings. The monoisotopic (exact) mass is 195 g/mol. The molecule has 0 saturated heterocycles. The minimum atomic E-state index is 0.621. The Morgan fingerprint density at radius 1 is 1.21 bits per heavy atom. The summed E-state index contributed by atoms with van der Waals surface area (Å²) in [5.41, 5.74) is 5.52. The van der Waals surface area contributed by atoms with Crippen LogP contribution >= 0.6 is 0 Å². The van der Waals surface area contributed by atoms with Crippen LogP contribution in [0.5, 0.6) is 0 Å². The lowest BCUT2D eigenvalue weighted by Gasteiger charge is -2.01. The van der Waals surface area contributed by atoms with E-state index in [0.29, 0.717) is 5.82 Å². The van der Waals surface area contributed by atoms with Crippen LogP contribution in [0, 0.1) is 0 Å². The quantitative estimate of drug-likeness (QED) is 0.680. The van der Waals surface area contributed by atoms with Gasteiger partial charge >= 0.3 is 0 Å². The molecule has 1 aromatic rings. The molecule has 1 aromatic heterocycles. The van der Waals surface area contributed by atoms with E-state index in [9.17, 15) is 0 Å². The van der Waals surface area contributed by atoms with Gasteiger partial charge in [0, 0.05) is 12.7 Å². The van der Waals surface area contributed by atoms with Crippen molar-refractivity contribution in [1.29, 1.82) is 0 Å². The molecule has 0 atom stereocenters. The predicted octanol–water partition coefficient (Wildman–Crippen LogP) is 2.83. The summed E-state index contributed by atoms with van der Waals surface area (Å²) >= 11 is 0. The highest BCUT2D eigenvalue weighted by Crippen LogP contribution is 2.06. The van der Waals surface area contributed by atoms with Crippen molar-refractivity contribution in [2.45, 2.75) is 52.0 Å². The molecule has 0 amide bonds. The maximum absolute atomic E-state index is 5.52. The Morgan fingerprint density at radius 3 is 2.57 bits per heavy atom. The number of anilines is 1. The lowest BCUT2D eigenvalue weighted by atomic mass is 10.1.